The van der Waals surface area contributed by atoms with Gasteiger partial charge in [-0.3, -0.25) is 4.40 Å². The molecule has 3 rings (SSSR count). The van der Waals surface area contributed by atoms with E-state index in [1.807, 2.05) is 12.1 Å². The molecule has 0 unspecified atom stereocenters. The second-order valence-electron chi connectivity index (χ2n) is 6.11. The van der Waals surface area contributed by atoms with Crippen molar-refractivity contribution in [3.63, 3.8) is 0 Å². The highest BCUT2D eigenvalue weighted by Gasteiger charge is 2.23. The monoisotopic (exact) mass is 363 g/mol. The number of nitrogens with two attached hydrogens (primary N) is 1. The third kappa shape index (κ3) is 2.54. The maximum atomic E-state index is 6.03. The molecular formula is C16H18BrN3S. The van der Waals surface area contributed by atoms with Gasteiger partial charge in [0.2, 0.25) is 0 Å². The van der Waals surface area contributed by atoms with Gasteiger partial charge in [-0.2, -0.15) is 0 Å². The van der Waals surface area contributed by atoms with E-state index < -0.39 is 0 Å². The number of hydrogen-bond acceptors (Lipinski definition) is 3. The molecule has 0 bridgehead atoms. The normalized spacial score (nSPS) is 12.2. The number of halogens is 1. The molecule has 110 valence electrons. The first-order valence-electron chi connectivity index (χ1n) is 6.87. The number of fused-ring (bicyclic) bond motifs is 1. The molecule has 0 aliphatic heterocycles. The third-order valence-electron chi connectivity index (χ3n) is 3.54. The van der Waals surface area contributed by atoms with E-state index in [-0.39, 0.29) is 5.41 Å². The molecule has 5 heteroatoms. The minimum Gasteiger partial charge on any atom is -0.325 e. The van der Waals surface area contributed by atoms with Crippen LogP contribution >= 0.6 is 27.3 Å². The van der Waals surface area contributed by atoms with Crippen molar-refractivity contribution >= 4 is 32.2 Å². The minimum atomic E-state index is 0.0693. The zero-order chi connectivity index (χ0) is 15.2. The van der Waals surface area contributed by atoms with Gasteiger partial charge in [0, 0.05) is 33.1 Å². The quantitative estimate of drug-likeness (QED) is 0.723. The molecule has 2 N–H and O–H groups in total. The molecule has 0 spiro atoms. The Morgan fingerprint density at radius 1 is 1.24 bits per heavy atom. The lowest BCUT2D eigenvalue weighted by Gasteiger charge is -2.18. The van der Waals surface area contributed by atoms with Crippen molar-refractivity contribution < 1.29 is 0 Å². The molecular weight excluding hydrogens is 346 g/mol. The topological polar surface area (TPSA) is 43.3 Å². The average Bonchev–Trinajstić information content (AvgIpc) is 2.96. The van der Waals surface area contributed by atoms with Gasteiger partial charge in [-0.1, -0.05) is 48.8 Å². The summed E-state index contributed by atoms with van der Waals surface area (Å²) in [6.07, 6.45) is 0. The molecule has 2 heterocycles. The maximum Gasteiger partial charge on any atom is 0.194 e. The van der Waals surface area contributed by atoms with Crippen LogP contribution < -0.4 is 5.73 Å². The van der Waals surface area contributed by atoms with Crippen LogP contribution in [0.3, 0.4) is 0 Å². The number of rotatable bonds is 2. The summed E-state index contributed by atoms with van der Waals surface area (Å²) in [5.74, 6) is 0. The highest BCUT2D eigenvalue weighted by atomic mass is 79.9. The van der Waals surface area contributed by atoms with Crippen LogP contribution in [0.2, 0.25) is 0 Å². The Morgan fingerprint density at radius 3 is 2.48 bits per heavy atom. The van der Waals surface area contributed by atoms with E-state index in [1.54, 1.807) is 11.3 Å². The summed E-state index contributed by atoms with van der Waals surface area (Å²) < 4.78 is 3.29. The lowest BCUT2D eigenvalue weighted by Crippen LogP contribution is -2.16. The van der Waals surface area contributed by atoms with E-state index in [2.05, 4.69) is 58.6 Å². The molecule has 2 aromatic heterocycles. The number of hydrogen-bond donors (Lipinski definition) is 1. The van der Waals surface area contributed by atoms with Crippen molar-refractivity contribution in [2.75, 3.05) is 0 Å². The van der Waals surface area contributed by atoms with Crippen molar-refractivity contribution in [2.45, 2.75) is 32.7 Å². The highest BCUT2D eigenvalue weighted by Crippen LogP contribution is 2.33. The second-order valence-corrected chi connectivity index (χ2v) is 7.86. The van der Waals surface area contributed by atoms with Crippen LogP contribution in [-0.2, 0) is 12.0 Å². The van der Waals surface area contributed by atoms with Gasteiger partial charge >= 0.3 is 0 Å². The number of aromatic nitrogens is 2. The fourth-order valence-corrected chi connectivity index (χ4v) is 3.86. The fourth-order valence-electron chi connectivity index (χ4n) is 2.46. The zero-order valence-electron chi connectivity index (χ0n) is 12.4. The summed E-state index contributed by atoms with van der Waals surface area (Å²) in [4.78, 5) is 5.82. The summed E-state index contributed by atoms with van der Waals surface area (Å²) in [5.41, 5.74) is 10.5. The van der Waals surface area contributed by atoms with Crippen LogP contribution in [0.4, 0.5) is 0 Å². The van der Waals surface area contributed by atoms with Gasteiger partial charge in [0.1, 0.15) is 0 Å². The molecule has 3 nitrogen and oxygen atoms in total. The van der Waals surface area contributed by atoms with E-state index in [0.29, 0.717) is 6.54 Å². The first-order chi connectivity index (χ1) is 9.91. The lowest BCUT2D eigenvalue weighted by atomic mass is 9.93. The fraction of sp³-hybridized carbons (Fsp3) is 0.312. The first-order valence-corrected chi connectivity index (χ1v) is 8.54. The Hall–Kier alpha value is -1.17. The van der Waals surface area contributed by atoms with Crippen LogP contribution in [-0.4, -0.2) is 9.38 Å². The molecule has 0 fully saturated rings. The van der Waals surface area contributed by atoms with Crippen LogP contribution in [0.15, 0.2) is 34.1 Å². The molecule has 0 saturated heterocycles. The SMILES string of the molecule is CC(C)(C)c1csc2nc(-c3ccc(Br)cc3)c(CN)n12. The number of nitrogens with zero attached hydrogens (tertiary/aromatic N) is 2. The summed E-state index contributed by atoms with van der Waals surface area (Å²) in [6.45, 7) is 7.13. The Morgan fingerprint density at radius 2 is 1.90 bits per heavy atom. The standard InChI is InChI=1S/C16H18BrN3S/c1-16(2,3)13-9-21-15-19-14(12(8-18)20(13)15)10-4-6-11(17)7-5-10/h4-7,9H,8,18H2,1-3H3. The van der Waals surface area contributed by atoms with Gasteiger partial charge in [0.15, 0.2) is 4.96 Å². The van der Waals surface area contributed by atoms with Crippen LogP contribution in [0.25, 0.3) is 16.2 Å². The predicted molar refractivity (Wildman–Crippen MR) is 92.8 cm³/mol. The van der Waals surface area contributed by atoms with Crippen LogP contribution in [0.5, 0.6) is 0 Å². The summed E-state index contributed by atoms with van der Waals surface area (Å²) >= 11 is 5.15. The highest BCUT2D eigenvalue weighted by molar-refractivity contribution is 9.10. The first kappa shape index (κ1) is 14.8. The summed E-state index contributed by atoms with van der Waals surface area (Å²) in [5, 5.41) is 2.19. The Balaban J connectivity index is 2.25. The van der Waals surface area contributed by atoms with Gasteiger partial charge in [-0.25, -0.2) is 4.98 Å². The second kappa shape index (κ2) is 5.23. The lowest BCUT2D eigenvalue weighted by molar-refractivity contribution is 0.561. The van der Waals surface area contributed by atoms with E-state index in [1.165, 1.54) is 5.69 Å². The summed E-state index contributed by atoms with van der Waals surface area (Å²) in [7, 11) is 0. The van der Waals surface area contributed by atoms with E-state index in [9.17, 15) is 0 Å². The molecule has 3 aromatic rings. The van der Waals surface area contributed by atoms with E-state index >= 15 is 0 Å². The number of benzene rings is 1. The molecule has 0 aliphatic rings. The molecule has 21 heavy (non-hydrogen) atoms. The van der Waals surface area contributed by atoms with Gasteiger partial charge in [-0.15, -0.1) is 11.3 Å². The molecule has 0 aliphatic carbocycles. The van der Waals surface area contributed by atoms with Crippen LogP contribution in [0, 0.1) is 0 Å². The van der Waals surface area contributed by atoms with Gasteiger partial charge in [-0.05, 0) is 12.1 Å². The van der Waals surface area contributed by atoms with E-state index in [0.717, 1.165) is 26.4 Å². The zero-order valence-corrected chi connectivity index (χ0v) is 14.8. The summed E-state index contributed by atoms with van der Waals surface area (Å²) in [6, 6.07) is 8.22. The van der Waals surface area contributed by atoms with E-state index in [4.69, 9.17) is 10.7 Å². The van der Waals surface area contributed by atoms with Crippen molar-refractivity contribution in [1.29, 1.82) is 0 Å². The number of thiazole rings is 1. The third-order valence-corrected chi connectivity index (χ3v) is 4.89. The smallest absolute Gasteiger partial charge is 0.194 e. The average molecular weight is 364 g/mol. The van der Waals surface area contributed by atoms with Crippen molar-refractivity contribution in [1.82, 2.24) is 9.38 Å². The molecule has 0 saturated carbocycles. The largest absolute Gasteiger partial charge is 0.325 e. The van der Waals surface area contributed by atoms with Gasteiger partial charge in [0.05, 0.1) is 11.4 Å². The molecule has 0 radical (unpaired) electrons. The van der Waals surface area contributed by atoms with Crippen molar-refractivity contribution in [2.24, 2.45) is 5.73 Å². The van der Waals surface area contributed by atoms with Crippen LogP contribution in [0.1, 0.15) is 32.2 Å². The minimum absolute atomic E-state index is 0.0693. The van der Waals surface area contributed by atoms with Crippen molar-refractivity contribution in [3.05, 3.63) is 45.5 Å². The molecule has 1 aromatic carbocycles. The molecule has 0 atom stereocenters. The van der Waals surface area contributed by atoms with Crippen molar-refractivity contribution in [3.8, 4) is 11.3 Å². The molecule has 0 amide bonds. The Bertz CT molecular complexity index is 778. The Labute approximate surface area is 136 Å². The number of imidazole rings is 1. The maximum absolute atomic E-state index is 6.03. The van der Waals surface area contributed by atoms with Gasteiger partial charge < -0.3 is 5.73 Å². The Kier molecular flexibility index (Phi) is 3.67. The van der Waals surface area contributed by atoms with Gasteiger partial charge in [0.25, 0.3) is 0 Å². The predicted octanol–water partition coefficient (Wildman–Crippen LogP) is 4.58.